The normalized spacial score (nSPS) is 10.6. The summed E-state index contributed by atoms with van der Waals surface area (Å²) >= 11 is 3.38. The number of likely N-dealkylation sites (N-methyl/N-ethyl adjacent to an activating group) is 1. The molecule has 2 amide bonds. The van der Waals surface area contributed by atoms with Gasteiger partial charge in [0, 0.05) is 11.0 Å². The smallest absolute Gasteiger partial charge is 0.238 e. The summed E-state index contributed by atoms with van der Waals surface area (Å²) in [5, 5.41) is 5.59. The molecule has 2 aromatic carbocycles. The van der Waals surface area contributed by atoms with E-state index in [1.165, 1.54) is 12.1 Å². The molecule has 0 aliphatic carbocycles. The van der Waals surface area contributed by atoms with Gasteiger partial charge in [0.2, 0.25) is 11.8 Å². The van der Waals surface area contributed by atoms with Gasteiger partial charge in [-0.3, -0.25) is 14.5 Å². The standard InChI is InChI=1S/C19H21BrFN3O2/c1-2-24(13-19(26)23-17-6-4-3-5-16(17)20)12-18(25)22-11-14-7-9-15(21)10-8-14/h3-10H,2,11-13H2,1H3,(H,22,25)(H,23,26). The molecule has 0 radical (unpaired) electrons. The minimum absolute atomic E-state index is 0.112. The Kier molecular flexibility index (Phi) is 7.74. The first-order valence-electron chi connectivity index (χ1n) is 8.25. The summed E-state index contributed by atoms with van der Waals surface area (Å²) < 4.78 is 13.7. The molecule has 2 aromatic rings. The van der Waals surface area contributed by atoms with Gasteiger partial charge in [-0.25, -0.2) is 4.39 Å². The quantitative estimate of drug-likeness (QED) is 0.687. The first-order valence-corrected chi connectivity index (χ1v) is 9.05. The highest BCUT2D eigenvalue weighted by molar-refractivity contribution is 9.10. The van der Waals surface area contributed by atoms with Crippen LogP contribution in [0.4, 0.5) is 10.1 Å². The Labute approximate surface area is 160 Å². The van der Waals surface area contributed by atoms with Gasteiger partial charge in [0.1, 0.15) is 5.82 Å². The Bertz CT molecular complexity index is 753. The van der Waals surface area contributed by atoms with Crippen LogP contribution in [-0.4, -0.2) is 36.3 Å². The minimum atomic E-state index is -0.312. The van der Waals surface area contributed by atoms with Crippen LogP contribution < -0.4 is 10.6 Å². The summed E-state index contributed by atoms with van der Waals surface area (Å²) in [6, 6.07) is 13.3. The van der Waals surface area contributed by atoms with E-state index in [4.69, 9.17) is 0 Å². The van der Waals surface area contributed by atoms with Gasteiger partial charge in [0.05, 0.1) is 18.8 Å². The molecule has 0 spiro atoms. The number of carbonyl (C=O) groups excluding carboxylic acids is 2. The number of hydrogen-bond donors (Lipinski definition) is 2. The number of benzene rings is 2. The zero-order valence-corrected chi connectivity index (χ0v) is 16.1. The Morgan fingerprint density at radius 1 is 1.04 bits per heavy atom. The summed E-state index contributed by atoms with van der Waals surface area (Å²) in [4.78, 5) is 26.0. The van der Waals surface area contributed by atoms with Gasteiger partial charge >= 0.3 is 0 Å². The average Bonchev–Trinajstić information content (AvgIpc) is 2.62. The molecule has 0 aromatic heterocycles. The van der Waals surface area contributed by atoms with Crippen molar-refractivity contribution in [2.24, 2.45) is 0 Å². The number of nitrogens with zero attached hydrogens (tertiary/aromatic N) is 1. The van der Waals surface area contributed by atoms with Gasteiger partial charge in [-0.2, -0.15) is 0 Å². The van der Waals surface area contributed by atoms with Gasteiger partial charge in [0.15, 0.2) is 0 Å². The molecule has 138 valence electrons. The molecule has 26 heavy (non-hydrogen) atoms. The van der Waals surface area contributed by atoms with Gasteiger partial charge in [0.25, 0.3) is 0 Å². The van der Waals surface area contributed by atoms with E-state index in [-0.39, 0.29) is 30.7 Å². The Balaban J connectivity index is 1.80. The lowest BCUT2D eigenvalue weighted by molar-refractivity contribution is -0.123. The van der Waals surface area contributed by atoms with E-state index < -0.39 is 0 Å². The maximum absolute atomic E-state index is 12.9. The molecule has 0 atom stereocenters. The predicted molar refractivity (Wildman–Crippen MR) is 103 cm³/mol. The average molecular weight is 422 g/mol. The van der Waals surface area contributed by atoms with Crippen molar-refractivity contribution in [3.05, 3.63) is 64.4 Å². The molecule has 2 N–H and O–H groups in total. The van der Waals surface area contributed by atoms with Crippen LogP contribution in [0.2, 0.25) is 0 Å². The van der Waals surface area contributed by atoms with Gasteiger partial charge in [-0.05, 0) is 52.3 Å². The Hall–Kier alpha value is -2.25. The molecule has 0 saturated heterocycles. The lowest BCUT2D eigenvalue weighted by Gasteiger charge is -2.19. The van der Waals surface area contributed by atoms with Gasteiger partial charge in [-0.15, -0.1) is 0 Å². The van der Waals surface area contributed by atoms with Crippen LogP contribution in [0.5, 0.6) is 0 Å². The van der Waals surface area contributed by atoms with E-state index >= 15 is 0 Å². The third-order valence-corrected chi connectivity index (χ3v) is 4.42. The minimum Gasteiger partial charge on any atom is -0.351 e. The second-order valence-corrected chi connectivity index (χ2v) is 6.59. The lowest BCUT2D eigenvalue weighted by atomic mass is 10.2. The summed E-state index contributed by atoms with van der Waals surface area (Å²) in [5.74, 6) is -0.691. The lowest BCUT2D eigenvalue weighted by Crippen LogP contribution is -2.40. The van der Waals surface area contributed by atoms with Crippen LogP contribution >= 0.6 is 15.9 Å². The van der Waals surface area contributed by atoms with Crippen LogP contribution in [0, 0.1) is 5.82 Å². The van der Waals surface area contributed by atoms with E-state index in [1.807, 2.05) is 25.1 Å². The van der Waals surface area contributed by atoms with Crippen LogP contribution in [0.15, 0.2) is 53.0 Å². The SMILES string of the molecule is CCN(CC(=O)NCc1ccc(F)cc1)CC(=O)Nc1ccccc1Br. The fourth-order valence-corrected chi connectivity index (χ4v) is 2.68. The number of nitrogens with one attached hydrogen (secondary N) is 2. The molecular formula is C19H21BrFN3O2. The monoisotopic (exact) mass is 421 g/mol. The third-order valence-electron chi connectivity index (χ3n) is 3.73. The second-order valence-electron chi connectivity index (χ2n) is 5.73. The van der Waals surface area contributed by atoms with E-state index in [0.717, 1.165) is 10.0 Å². The summed E-state index contributed by atoms with van der Waals surface area (Å²) in [7, 11) is 0. The number of halogens is 2. The second kappa shape index (κ2) is 10.0. The van der Waals surface area contributed by atoms with E-state index in [9.17, 15) is 14.0 Å². The van der Waals surface area contributed by atoms with Crippen molar-refractivity contribution in [1.29, 1.82) is 0 Å². The van der Waals surface area contributed by atoms with Crippen molar-refractivity contribution in [2.75, 3.05) is 25.0 Å². The predicted octanol–water partition coefficient (Wildman–Crippen LogP) is 3.17. The highest BCUT2D eigenvalue weighted by Crippen LogP contribution is 2.20. The van der Waals surface area contributed by atoms with E-state index in [2.05, 4.69) is 26.6 Å². The topological polar surface area (TPSA) is 61.4 Å². The Morgan fingerprint density at radius 2 is 1.69 bits per heavy atom. The fraction of sp³-hybridized carbons (Fsp3) is 0.263. The molecule has 0 aliphatic rings. The molecule has 0 fully saturated rings. The number of anilines is 1. The molecule has 0 saturated carbocycles. The molecule has 0 unspecified atom stereocenters. The van der Waals surface area contributed by atoms with E-state index in [0.29, 0.717) is 18.8 Å². The fourth-order valence-electron chi connectivity index (χ4n) is 2.30. The zero-order valence-electron chi connectivity index (χ0n) is 14.5. The molecule has 2 rings (SSSR count). The number of amides is 2. The van der Waals surface area contributed by atoms with Crippen LogP contribution in [-0.2, 0) is 16.1 Å². The zero-order chi connectivity index (χ0) is 18.9. The van der Waals surface area contributed by atoms with Crippen LogP contribution in [0.3, 0.4) is 0 Å². The van der Waals surface area contributed by atoms with Crippen molar-refractivity contribution >= 4 is 33.4 Å². The maximum Gasteiger partial charge on any atom is 0.238 e. The van der Waals surface area contributed by atoms with Gasteiger partial charge in [-0.1, -0.05) is 31.2 Å². The highest BCUT2D eigenvalue weighted by atomic mass is 79.9. The largest absolute Gasteiger partial charge is 0.351 e. The van der Waals surface area contributed by atoms with Crippen molar-refractivity contribution in [2.45, 2.75) is 13.5 Å². The number of carbonyl (C=O) groups is 2. The summed E-state index contributed by atoms with van der Waals surface area (Å²) in [5.41, 5.74) is 1.50. The van der Waals surface area contributed by atoms with Gasteiger partial charge < -0.3 is 10.6 Å². The molecule has 0 aliphatic heterocycles. The van der Waals surface area contributed by atoms with Crippen LogP contribution in [0.25, 0.3) is 0 Å². The first-order chi connectivity index (χ1) is 12.5. The van der Waals surface area contributed by atoms with E-state index in [1.54, 1.807) is 23.1 Å². The van der Waals surface area contributed by atoms with Crippen LogP contribution in [0.1, 0.15) is 12.5 Å². The first kappa shape index (κ1) is 20.1. The highest BCUT2D eigenvalue weighted by Gasteiger charge is 2.14. The Morgan fingerprint density at radius 3 is 2.35 bits per heavy atom. The molecule has 0 bridgehead atoms. The number of para-hydroxylation sites is 1. The van der Waals surface area contributed by atoms with Crippen molar-refractivity contribution in [3.63, 3.8) is 0 Å². The molecule has 7 heteroatoms. The molecular weight excluding hydrogens is 401 g/mol. The summed E-state index contributed by atoms with van der Waals surface area (Å²) in [6.45, 7) is 3.00. The number of hydrogen-bond acceptors (Lipinski definition) is 3. The maximum atomic E-state index is 12.9. The van der Waals surface area contributed by atoms with Crippen molar-refractivity contribution < 1.29 is 14.0 Å². The third kappa shape index (κ3) is 6.57. The van der Waals surface area contributed by atoms with Crippen molar-refractivity contribution in [1.82, 2.24) is 10.2 Å². The number of rotatable bonds is 8. The molecule has 5 nitrogen and oxygen atoms in total. The molecule has 0 heterocycles. The summed E-state index contributed by atoms with van der Waals surface area (Å²) in [6.07, 6.45) is 0. The van der Waals surface area contributed by atoms with Crippen molar-refractivity contribution in [3.8, 4) is 0 Å².